The van der Waals surface area contributed by atoms with Gasteiger partial charge in [-0.05, 0) is 98.2 Å². The predicted octanol–water partition coefficient (Wildman–Crippen LogP) is 6.71. The highest BCUT2D eigenvalue weighted by atomic mass is 16.5. The molecular weight excluding hydrogens is 807 g/mol. The Morgan fingerprint density at radius 2 is 1.37 bits per heavy atom. The summed E-state index contributed by atoms with van der Waals surface area (Å²) in [6.45, 7) is 9.03. The molecule has 0 spiro atoms. The number of benzene rings is 3. The monoisotopic (exact) mass is 859 g/mol. The number of aliphatic imine (C=N–C) groups is 1. The lowest BCUT2D eigenvalue weighted by molar-refractivity contribution is -0.138. The SMILES string of the molecule is C=C1c2ccc(-c3ccc4c(c3)CC([C@@H]3CCCN3C(=O)[C@@H](NC(=O)OC)[C@@H](C)OC)=N4)cc2Oc2ccc(-c3cnc([C@@H]4CCCN4C(=O)[C@@H](NC(=O)OC)[C@@H](C)OC)[nH]3)cc21. The lowest BCUT2D eigenvalue weighted by Crippen LogP contribution is -2.56. The van der Waals surface area contributed by atoms with Gasteiger partial charge in [-0.15, -0.1) is 0 Å². The third kappa shape index (κ3) is 8.40. The third-order valence-corrected chi connectivity index (χ3v) is 12.7. The Kier molecular flexibility index (Phi) is 12.4. The van der Waals surface area contributed by atoms with E-state index < -0.39 is 36.5 Å². The summed E-state index contributed by atoms with van der Waals surface area (Å²) in [5, 5.41) is 5.28. The van der Waals surface area contributed by atoms with Crippen molar-refractivity contribution in [2.75, 3.05) is 41.5 Å². The largest absolute Gasteiger partial charge is 0.456 e. The smallest absolute Gasteiger partial charge is 0.407 e. The van der Waals surface area contributed by atoms with Crippen molar-refractivity contribution in [3.63, 3.8) is 0 Å². The molecule has 1 aromatic heterocycles. The first-order valence-corrected chi connectivity index (χ1v) is 21.2. The van der Waals surface area contributed by atoms with E-state index in [2.05, 4.69) is 40.4 Å². The molecule has 0 bridgehead atoms. The summed E-state index contributed by atoms with van der Waals surface area (Å²) in [6, 6.07) is 16.0. The summed E-state index contributed by atoms with van der Waals surface area (Å²) in [7, 11) is 5.52. The quantitative estimate of drug-likeness (QED) is 0.122. The molecule has 4 aliphatic rings. The molecule has 16 nitrogen and oxygen atoms in total. The summed E-state index contributed by atoms with van der Waals surface area (Å²) < 4.78 is 26.9. The second-order valence-electron chi connectivity index (χ2n) is 16.3. The van der Waals surface area contributed by atoms with E-state index in [4.69, 9.17) is 33.7 Å². The summed E-state index contributed by atoms with van der Waals surface area (Å²) in [5.74, 6) is 1.56. The molecule has 2 fully saturated rings. The highest BCUT2D eigenvalue weighted by molar-refractivity contribution is 6.01. The zero-order chi connectivity index (χ0) is 44.5. The molecule has 2 saturated heterocycles. The fourth-order valence-electron chi connectivity index (χ4n) is 9.02. The minimum Gasteiger partial charge on any atom is -0.456 e. The molecule has 16 heteroatoms. The van der Waals surface area contributed by atoms with E-state index in [1.54, 1.807) is 24.9 Å². The average molecular weight is 860 g/mol. The fraction of sp³-hybridized carbons (Fsp3) is 0.404. The van der Waals surface area contributed by atoms with Gasteiger partial charge in [0.15, 0.2) is 0 Å². The molecule has 4 aromatic rings. The summed E-state index contributed by atoms with van der Waals surface area (Å²) in [5.41, 5.74) is 9.12. The number of hydrogen-bond acceptors (Lipinski definition) is 11. The van der Waals surface area contributed by atoms with Crippen LogP contribution in [0.3, 0.4) is 0 Å². The van der Waals surface area contributed by atoms with E-state index in [-0.39, 0.29) is 23.9 Å². The molecule has 0 saturated carbocycles. The van der Waals surface area contributed by atoms with Crippen LogP contribution in [0, 0.1) is 0 Å². The fourth-order valence-corrected chi connectivity index (χ4v) is 9.02. The Morgan fingerprint density at radius 3 is 2.02 bits per heavy atom. The van der Waals surface area contributed by atoms with Crippen LogP contribution in [0.4, 0.5) is 15.3 Å². The number of hydrogen-bond donors (Lipinski definition) is 3. The second kappa shape index (κ2) is 18.1. The van der Waals surface area contributed by atoms with E-state index in [0.29, 0.717) is 43.3 Å². The third-order valence-electron chi connectivity index (χ3n) is 12.7. The van der Waals surface area contributed by atoms with Gasteiger partial charge in [-0.2, -0.15) is 0 Å². The van der Waals surface area contributed by atoms with Crippen LogP contribution in [0.25, 0.3) is 28.0 Å². The van der Waals surface area contributed by atoms with Crippen LogP contribution in [0.1, 0.15) is 68.1 Å². The maximum atomic E-state index is 13.8. The van der Waals surface area contributed by atoms with E-state index >= 15 is 0 Å². The van der Waals surface area contributed by atoms with Gasteiger partial charge in [-0.25, -0.2) is 14.6 Å². The van der Waals surface area contributed by atoms with E-state index in [0.717, 1.165) is 75.3 Å². The number of methoxy groups -OCH3 is 4. The van der Waals surface area contributed by atoms with Gasteiger partial charge in [0.05, 0.1) is 56.1 Å². The number of nitrogens with one attached hydrogen (secondary N) is 3. The van der Waals surface area contributed by atoms with Crippen LogP contribution in [0.2, 0.25) is 0 Å². The van der Waals surface area contributed by atoms with Crippen molar-refractivity contribution in [1.29, 1.82) is 0 Å². The number of H-pyrrole nitrogens is 1. The number of ether oxygens (including phenoxy) is 5. The average Bonchev–Trinajstić information content (AvgIpc) is 4.15. The highest BCUT2D eigenvalue weighted by Gasteiger charge is 2.41. The normalized spacial score (nSPS) is 19.5. The molecule has 0 aliphatic carbocycles. The zero-order valence-corrected chi connectivity index (χ0v) is 36.4. The van der Waals surface area contributed by atoms with Gasteiger partial charge in [0.2, 0.25) is 11.8 Å². The Morgan fingerprint density at radius 1 is 0.762 bits per heavy atom. The molecule has 4 amide bonds. The van der Waals surface area contributed by atoms with Crippen LogP contribution >= 0.6 is 0 Å². The van der Waals surface area contributed by atoms with Crippen LogP contribution < -0.4 is 15.4 Å². The Balaban J connectivity index is 0.953. The Labute approximate surface area is 366 Å². The van der Waals surface area contributed by atoms with Gasteiger partial charge in [-0.1, -0.05) is 24.8 Å². The van der Waals surface area contributed by atoms with Gasteiger partial charge in [0, 0.05) is 56.1 Å². The number of likely N-dealkylation sites (tertiary alicyclic amines) is 2. The maximum absolute atomic E-state index is 13.8. The van der Waals surface area contributed by atoms with Gasteiger partial charge >= 0.3 is 12.2 Å². The molecular formula is C47H53N7O9. The number of carbonyl (C=O) groups is 4. The van der Waals surface area contributed by atoms with Crippen LogP contribution in [-0.4, -0.2) is 121 Å². The molecule has 4 aliphatic heterocycles. The zero-order valence-electron chi connectivity index (χ0n) is 36.4. The first kappa shape index (κ1) is 43.1. The Hall–Kier alpha value is -6.52. The lowest BCUT2D eigenvalue weighted by atomic mass is 9.91. The van der Waals surface area contributed by atoms with Crippen molar-refractivity contribution in [3.05, 3.63) is 89.9 Å². The van der Waals surface area contributed by atoms with E-state index in [1.165, 1.54) is 28.4 Å². The van der Waals surface area contributed by atoms with Crippen molar-refractivity contribution in [3.8, 4) is 33.9 Å². The summed E-state index contributed by atoms with van der Waals surface area (Å²) in [4.78, 5) is 68.4. The number of carbonyl (C=O) groups excluding carboxylic acids is 4. The number of alkyl carbamates (subject to hydrolysis) is 2. The van der Waals surface area contributed by atoms with Crippen molar-refractivity contribution in [2.45, 2.75) is 82.3 Å². The molecule has 6 atom stereocenters. The molecule has 3 N–H and O–H groups in total. The second-order valence-corrected chi connectivity index (χ2v) is 16.3. The number of rotatable bonds is 12. The highest BCUT2D eigenvalue weighted by Crippen LogP contribution is 2.46. The molecule has 63 heavy (non-hydrogen) atoms. The van der Waals surface area contributed by atoms with Gasteiger partial charge in [-0.3, -0.25) is 14.6 Å². The van der Waals surface area contributed by atoms with Crippen LogP contribution in [0.15, 0.2) is 72.4 Å². The van der Waals surface area contributed by atoms with E-state index in [9.17, 15) is 19.2 Å². The topological polar surface area (TPSA) is 186 Å². The first-order valence-electron chi connectivity index (χ1n) is 21.2. The van der Waals surface area contributed by atoms with Gasteiger partial charge in [0.25, 0.3) is 0 Å². The minimum absolute atomic E-state index is 0.187. The number of amides is 4. The van der Waals surface area contributed by atoms with Crippen molar-refractivity contribution in [1.82, 2.24) is 30.4 Å². The first-order chi connectivity index (χ1) is 30.4. The van der Waals surface area contributed by atoms with Crippen molar-refractivity contribution in [2.24, 2.45) is 4.99 Å². The predicted molar refractivity (Wildman–Crippen MR) is 235 cm³/mol. The number of imidazole rings is 1. The summed E-state index contributed by atoms with van der Waals surface area (Å²) >= 11 is 0. The minimum atomic E-state index is -0.919. The molecule has 3 aromatic carbocycles. The molecule has 8 rings (SSSR count). The van der Waals surface area contributed by atoms with Crippen molar-refractivity contribution < 1.29 is 42.9 Å². The standard InChI is InChI=1S/C47H53N7O9/c1-25-32-15-12-29(28-13-16-34-31(20-28)22-35(49-34)37-10-8-18-53(37)44(55)41(26(2)59-4)51-46(57)61-6)23-40(32)63-39-17-14-30(21-33(25)39)36-24-48-43(50-36)38-11-9-19-54(38)45(56)42(27(3)60-5)52-47(58)62-7/h12-17,20-21,23-24,26-27,37-38,41-42H,1,8-11,18-19,22H2,2-7H3,(H,48,50)(H,51,57)(H,52,58)/t26-,27-,37+,38+,41+,42+/m1/s1. The number of aromatic amines is 1. The van der Waals surface area contributed by atoms with Crippen LogP contribution in [-0.2, 0) is 35.0 Å². The number of fused-ring (bicyclic) bond motifs is 3. The number of nitrogens with zero attached hydrogens (tertiary/aromatic N) is 4. The number of aromatic nitrogens is 2. The van der Waals surface area contributed by atoms with Crippen molar-refractivity contribution >= 4 is 41.0 Å². The Bertz CT molecular complexity index is 2480. The molecule has 5 heterocycles. The molecule has 330 valence electrons. The molecule has 0 unspecified atom stereocenters. The lowest BCUT2D eigenvalue weighted by Gasteiger charge is -2.31. The molecule has 0 radical (unpaired) electrons. The maximum Gasteiger partial charge on any atom is 0.407 e. The van der Waals surface area contributed by atoms with Gasteiger partial charge < -0.3 is 49.1 Å². The van der Waals surface area contributed by atoms with Crippen LogP contribution in [0.5, 0.6) is 11.5 Å². The van der Waals surface area contributed by atoms with Gasteiger partial charge in [0.1, 0.15) is 29.4 Å². The summed E-state index contributed by atoms with van der Waals surface area (Å²) in [6.07, 6.45) is 2.98. The van der Waals surface area contributed by atoms with E-state index in [1.807, 2.05) is 41.3 Å².